The average Bonchev–Trinajstić information content (AvgIpc) is 3.40. The van der Waals surface area contributed by atoms with E-state index in [1.165, 1.54) is 4.68 Å². The quantitative estimate of drug-likeness (QED) is 0.644. The number of pyridine rings is 1. The topological polar surface area (TPSA) is 59.8 Å². The van der Waals surface area contributed by atoms with E-state index in [1.807, 2.05) is 0 Å². The number of amides is 1. The minimum atomic E-state index is -4.48. The van der Waals surface area contributed by atoms with Crippen molar-refractivity contribution in [3.05, 3.63) is 71.8 Å². The third-order valence-electron chi connectivity index (χ3n) is 4.53. The molecule has 1 aliphatic carbocycles. The zero-order chi connectivity index (χ0) is 19.7. The molecule has 4 rings (SSSR count). The molecule has 1 fully saturated rings. The molecule has 1 saturated carbocycles. The maximum absolute atomic E-state index is 13.0. The molecule has 1 aromatic carbocycles. The highest BCUT2D eigenvalue weighted by Gasteiger charge is 2.38. The smallest absolute Gasteiger partial charge is 0.326 e. The predicted octanol–water partition coefficient (Wildman–Crippen LogP) is 4.77. The molecule has 1 aliphatic rings. The summed E-state index contributed by atoms with van der Waals surface area (Å²) >= 11 is 0. The van der Waals surface area contributed by atoms with Gasteiger partial charge in [-0.25, -0.2) is 4.68 Å². The van der Waals surface area contributed by atoms with E-state index >= 15 is 0 Å². The van der Waals surface area contributed by atoms with Crippen LogP contribution < -0.4 is 5.32 Å². The van der Waals surface area contributed by atoms with Crippen LogP contribution >= 0.6 is 12.4 Å². The zero-order valence-corrected chi connectivity index (χ0v) is 16.0. The second kappa shape index (κ2) is 8.24. The molecule has 9 heteroatoms. The van der Waals surface area contributed by atoms with Gasteiger partial charge in [0.15, 0.2) is 5.69 Å². The monoisotopic (exact) mass is 422 g/mol. The molecule has 0 unspecified atom stereocenters. The van der Waals surface area contributed by atoms with Gasteiger partial charge in [0.25, 0.3) is 0 Å². The van der Waals surface area contributed by atoms with Crippen LogP contribution in [0.2, 0.25) is 0 Å². The maximum atomic E-state index is 13.0. The molecular weight excluding hydrogens is 405 g/mol. The minimum Gasteiger partial charge on any atom is -0.326 e. The van der Waals surface area contributed by atoms with Crippen LogP contribution in [0.5, 0.6) is 0 Å². The highest BCUT2D eigenvalue weighted by molar-refractivity contribution is 5.92. The Balaban J connectivity index is 0.00000240. The third kappa shape index (κ3) is 4.95. The Bertz CT molecular complexity index is 983. The summed E-state index contributed by atoms with van der Waals surface area (Å²) in [5, 5.41) is 6.54. The number of nitrogens with one attached hydrogen (secondary N) is 1. The van der Waals surface area contributed by atoms with E-state index in [9.17, 15) is 18.0 Å². The number of anilines is 1. The molecule has 0 aliphatic heterocycles. The molecule has 2 aromatic heterocycles. The zero-order valence-electron chi connectivity index (χ0n) is 15.2. The number of hydrogen-bond acceptors (Lipinski definition) is 3. The van der Waals surface area contributed by atoms with Crippen molar-refractivity contribution in [2.45, 2.75) is 31.4 Å². The molecule has 1 N–H and O–H groups in total. The average molecular weight is 423 g/mol. The number of hydrogen-bond donors (Lipinski definition) is 1. The number of rotatable bonds is 5. The van der Waals surface area contributed by atoms with Crippen molar-refractivity contribution in [2.75, 3.05) is 5.32 Å². The van der Waals surface area contributed by atoms with Crippen LogP contribution in [0.3, 0.4) is 0 Å². The van der Waals surface area contributed by atoms with Gasteiger partial charge in [-0.15, -0.1) is 12.4 Å². The molecular formula is C20H18ClF3N4O. The fourth-order valence-corrected chi connectivity index (χ4v) is 2.99. The SMILES string of the molecule is Cl.O=C(Cc1ccncc1)Nc1ccc(-n2nc(C(F)(F)F)cc2C2CC2)cc1. The molecule has 0 radical (unpaired) electrons. The number of halogens is 4. The lowest BCUT2D eigenvalue weighted by Crippen LogP contribution is -2.14. The fourth-order valence-electron chi connectivity index (χ4n) is 2.99. The van der Waals surface area contributed by atoms with Crippen molar-refractivity contribution in [1.29, 1.82) is 0 Å². The summed E-state index contributed by atoms with van der Waals surface area (Å²) in [5.41, 5.74) is 1.63. The molecule has 0 spiro atoms. The Hall–Kier alpha value is -2.87. The van der Waals surface area contributed by atoms with E-state index < -0.39 is 11.9 Å². The molecule has 5 nitrogen and oxygen atoms in total. The van der Waals surface area contributed by atoms with E-state index in [0.717, 1.165) is 24.5 Å². The number of benzene rings is 1. The van der Waals surface area contributed by atoms with Gasteiger partial charge in [-0.05, 0) is 60.9 Å². The van der Waals surface area contributed by atoms with Gasteiger partial charge >= 0.3 is 6.18 Å². The van der Waals surface area contributed by atoms with Gasteiger partial charge in [-0.3, -0.25) is 9.78 Å². The van der Waals surface area contributed by atoms with Crippen molar-refractivity contribution >= 4 is 24.0 Å². The Morgan fingerprint density at radius 1 is 1.10 bits per heavy atom. The molecule has 29 heavy (non-hydrogen) atoms. The first-order valence-corrected chi connectivity index (χ1v) is 8.86. The second-order valence-corrected chi connectivity index (χ2v) is 6.77. The standard InChI is InChI=1S/C20H17F3N4O.ClH/c21-20(22,23)18-12-17(14-1-2-14)27(26-18)16-5-3-15(4-6-16)25-19(28)11-13-7-9-24-10-8-13;/h3-10,12,14H,1-2,11H2,(H,25,28);1H. The summed E-state index contributed by atoms with van der Waals surface area (Å²) in [6.07, 6.45) is 0.709. The summed E-state index contributed by atoms with van der Waals surface area (Å²) in [7, 11) is 0. The van der Waals surface area contributed by atoms with E-state index in [-0.39, 0.29) is 30.7 Å². The Morgan fingerprint density at radius 3 is 2.34 bits per heavy atom. The Kier molecular flexibility index (Phi) is 5.93. The summed E-state index contributed by atoms with van der Waals surface area (Å²) in [5.74, 6) is -0.0700. The normalized spacial score (nSPS) is 13.6. The van der Waals surface area contributed by atoms with E-state index in [4.69, 9.17) is 0 Å². The van der Waals surface area contributed by atoms with Gasteiger partial charge in [0.2, 0.25) is 5.91 Å². The van der Waals surface area contributed by atoms with Crippen LogP contribution in [0.4, 0.5) is 18.9 Å². The van der Waals surface area contributed by atoms with Crippen LogP contribution in [0.15, 0.2) is 54.9 Å². The summed E-state index contributed by atoms with van der Waals surface area (Å²) < 4.78 is 40.5. The van der Waals surface area contributed by atoms with Crippen molar-refractivity contribution in [1.82, 2.24) is 14.8 Å². The van der Waals surface area contributed by atoms with Crippen molar-refractivity contribution in [3.63, 3.8) is 0 Å². The van der Waals surface area contributed by atoms with E-state index in [0.29, 0.717) is 17.1 Å². The molecule has 152 valence electrons. The van der Waals surface area contributed by atoms with Gasteiger partial charge in [0, 0.05) is 29.7 Å². The van der Waals surface area contributed by atoms with Gasteiger partial charge < -0.3 is 5.32 Å². The lowest BCUT2D eigenvalue weighted by Gasteiger charge is -2.09. The lowest BCUT2D eigenvalue weighted by atomic mass is 10.2. The van der Waals surface area contributed by atoms with Crippen LogP contribution in [0.1, 0.15) is 35.7 Å². The predicted molar refractivity (Wildman–Crippen MR) is 104 cm³/mol. The van der Waals surface area contributed by atoms with Gasteiger partial charge in [-0.2, -0.15) is 18.3 Å². The Labute approximate surface area is 171 Å². The first-order valence-electron chi connectivity index (χ1n) is 8.86. The van der Waals surface area contributed by atoms with Crippen molar-refractivity contribution < 1.29 is 18.0 Å². The minimum absolute atomic E-state index is 0. The third-order valence-corrected chi connectivity index (χ3v) is 4.53. The summed E-state index contributed by atoms with van der Waals surface area (Å²) in [6.45, 7) is 0. The van der Waals surface area contributed by atoms with E-state index in [2.05, 4.69) is 15.4 Å². The molecule has 3 aromatic rings. The van der Waals surface area contributed by atoms with Crippen LogP contribution in [-0.4, -0.2) is 20.7 Å². The highest BCUT2D eigenvalue weighted by atomic mass is 35.5. The van der Waals surface area contributed by atoms with Crippen LogP contribution in [0, 0.1) is 0 Å². The van der Waals surface area contributed by atoms with Gasteiger partial charge in [0.05, 0.1) is 12.1 Å². The van der Waals surface area contributed by atoms with Crippen LogP contribution in [0.25, 0.3) is 5.69 Å². The van der Waals surface area contributed by atoms with Gasteiger partial charge in [-0.1, -0.05) is 0 Å². The second-order valence-electron chi connectivity index (χ2n) is 6.77. The summed E-state index contributed by atoms with van der Waals surface area (Å²) in [4.78, 5) is 16.0. The summed E-state index contributed by atoms with van der Waals surface area (Å²) in [6, 6.07) is 11.3. The first-order chi connectivity index (χ1) is 13.4. The maximum Gasteiger partial charge on any atom is 0.435 e. The number of aromatic nitrogens is 3. The molecule has 0 atom stereocenters. The number of carbonyl (C=O) groups is 1. The largest absolute Gasteiger partial charge is 0.435 e. The number of carbonyl (C=O) groups excluding carboxylic acids is 1. The van der Waals surface area contributed by atoms with E-state index in [1.54, 1.807) is 48.8 Å². The lowest BCUT2D eigenvalue weighted by molar-refractivity contribution is -0.141. The molecule has 2 heterocycles. The molecule has 1 amide bonds. The van der Waals surface area contributed by atoms with Gasteiger partial charge in [0.1, 0.15) is 0 Å². The molecule has 0 saturated heterocycles. The number of alkyl halides is 3. The van der Waals surface area contributed by atoms with Crippen LogP contribution in [-0.2, 0) is 17.4 Å². The first kappa shape index (κ1) is 20.9. The van der Waals surface area contributed by atoms with Crippen molar-refractivity contribution in [2.24, 2.45) is 0 Å². The van der Waals surface area contributed by atoms with Crippen molar-refractivity contribution in [3.8, 4) is 5.69 Å². The number of nitrogens with zero attached hydrogens (tertiary/aromatic N) is 3. The highest BCUT2D eigenvalue weighted by Crippen LogP contribution is 2.43. The molecule has 0 bridgehead atoms. The fraction of sp³-hybridized carbons (Fsp3) is 0.250. The Morgan fingerprint density at radius 2 is 1.76 bits per heavy atom.